The Hall–Kier alpha value is -0.870. The van der Waals surface area contributed by atoms with Crippen LogP contribution >= 0.6 is 0 Å². The number of hydrogen-bond acceptors (Lipinski definition) is 3. The molecule has 4 nitrogen and oxygen atoms in total. The molecule has 4 heteroatoms. The Bertz CT molecular complexity index is 214. The van der Waals surface area contributed by atoms with E-state index in [2.05, 4.69) is 6.58 Å². The fraction of sp³-hybridized carbons (Fsp3) is 0.700. The summed E-state index contributed by atoms with van der Waals surface area (Å²) in [5.74, 6) is -0.824. The predicted molar refractivity (Wildman–Crippen MR) is 51.0 cm³/mol. The largest absolute Gasteiger partial charge is 0.481 e. The maximum atomic E-state index is 10.3. The molecule has 0 bridgehead atoms. The molecule has 0 radical (unpaired) electrons. The van der Waals surface area contributed by atoms with Crippen molar-refractivity contribution in [2.45, 2.75) is 44.0 Å². The molecule has 1 rings (SSSR count). The van der Waals surface area contributed by atoms with E-state index in [-0.39, 0.29) is 18.6 Å². The van der Waals surface area contributed by atoms with Gasteiger partial charge in [-0.2, -0.15) is 0 Å². The van der Waals surface area contributed by atoms with Gasteiger partial charge in [-0.15, -0.1) is 6.58 Å². The smallest absolute Gasteiger partial charge is 0.303 e. The Balaban J connectivity index is 2.30. The zero-order valence-corrected chi connectivity index (χ0v) is 8.06. The second-order valence-corrected chi connectivity index (χ2v) is 3.56. The van der Waals surface area contributed by atoms with Gasteiger partial charge in [-0.1, -0.05) is 6.08 Å². The fourth-order valence-corrected chi connectivity index (χ4v) is 1.66. The van der Waals surface area contributed by atoms with Gasteiger partial charge in [0, 0.05) is 12.8 Å². The third kappa shape index (κ3) is 3.12. The molecule has 2 N–H and O–H groups in total. The summed E-state index contributed by atoms with van der Waals surface area (Å²) in [6.07, 6.45) is 2.62. The summed E-state index contributed by atoms with van der Waals surface area (Å²) in [4.78, 5) is 10.3. The van der Waals surface area contributed by atoms with E-state index in [4.69, 9.17) is 9.84 Å². The predicted octanol–water partition coefficient (Wildman–Crippen LogP) is 0.946. The molecule has 1 aliphatic rings. The van der Waals surface area contributed by atoms with E-state index < -0.39 is 12.1 Å². The van der Waals surface area contributed by atoms with Crippen LogP contribution in [0.3, 0.4) is 0 Å². The highest BCUT2D eigenvalue weighted by Crippen LogP contribution is 2.25. The van der Waals surface area contributed by atoms with Crippen LogP contribution in [0.2, 0.25) is 0 Å². The molecule has 1 saturated heterocycles. The van der Waals surface area contributed by atoms with Gasteiger partial charge in [0.05, 0.1) is 18.3 Å². The van der Waals surface area contributed by atoms with Crippen molar-refractivity contribution in [3.05, 3.63) is 12.7 Å². The van der Waals surface area contributed by atoms with E-state index in [0.717, 1.165) is 0 Å². The van der Waals surface area contributed by atoms with Crippen LogP contribution in [0.1, 0.15) is 25.7 Å². The molecule has 3 atom stereocenters. The van der Waals surface area contributed by atoms with E-state index in [9.17, 15) is 9.90 Å². The molecule has 80 valence electrons. The number of aliphatic hydroxyl groups excluding tert-OH is 1. The second kappa shape index (κ2) is 5.12. The molecule has 0 amide bonds. The lowest BCUT2D eigenvalue weighted by Crippen LogP contribution is -2.19. The monoisotopic (exact) mass is 200 g/mol. The highest BCUT2D eigenvalue weighted by molar-refractivity contribution is 5.66. The molecule has 0 unspecified atom stereocenters. The van der Waals surface area contributed by atoms with Gasteiger partial charge in [0.1, 0.15) is 0 Å². The summed E-state index contributed by atoms with van der Waals surface area (Å²) in [5, 5.41) is 18.0. The minimum Gasteiger partial charge on any atom is -0.481 e. The molecule has 0 aromatic heterocycles. The molecule has 0 aromatic rings. The van der Waals surface area contributed by atoms with Crippen LogP contribution in [0.25, 0.3) is 0 Å². The Morgan fingerprint density at radius 2 is 2.36 bits per heavy atom. The maximum absolute atomic E-state index is 10.3. The van der Waals surface area contributed by atoms with E-state index in [1.807, 2.05) is 0 Å². The average molecular weight is 200 g/mol. The van der Waals surface area contributed by atoms with Gasteiger partial charge in [-0.05, 0) is 12.8 Å². The van der Waals surface area contributed by atoms with Crippen LogP contribution in [0.5, 0.6) is 0 Å². The first kappa shape index (κ1) is 11.2. The van der Waals surface area contributed by atoms with Gasteiger partial charge in [0.2, 0.25) is 0 Å². The Morgan fingerprint density at radius 3 is 2.93 bits per heavy atom. The quantitative estimate of drug-likeness (QED) is 0.648. The van der Waals surface area contributed by atoms with Gasteiger partial charge >= 0.3 is 5.97 Å². The zero-order valence-electron chi connectivity index (χ0n) is 8.06. The van der Waals surface area contributed by atoms with Crippen molar-refractivity contribution in [3.8, 4) is 0 Å². The van der Waals surface area contributed by atoms with Gasteiger partial charge in [0.15, 0.2) is 0 Å². The Labute approximate surface area is 83.2 Å². The molecule has 1 heterocycles. The van der Waals surface area contributed by atoms with Crippen LogP contribution in [0, 0.1) is 0 Å². The number of rotatable bonds is 5. The van der Waals surface area contributed by atoms with Crippen molar-refractivity contribution in [2.75, 3.05) is 0 Å². The van der Waals surface area contributed by atoms with E-state index in [1.54, 1.807) is 6.08 Å². The first-order valence-electron chi connectivity index (χ1n) is 4.79. The van der Waals surface area contributed by atoms with Crippen LogP contribution in [-0.4, -0.2) is 34.5 Å². The Kier molecular flexibility index (Phi) is 4.10. The SMILES string of the molecule is C=CC[C@@H]1O[C@@H](CCC(=O)O)C[C@H]1O. The molecular formula is C10H16O4. The summed E-state index contributed by atoms with van der Waals surface area (Å²) < 4.78 is 5.48. The number of carbonyl (C=O) groups is 1. The van der Waals surface area contributed by atoms with Crippen molar-refractivity contribution in [1.82, 2.24) is 0 Å². The lowest BCUT2D eigenvalue weighted by molar-refractivity contribution is -0.137. The summed E-state index contributed by atoms with van der Waals surface area (Å²) in [7, 11) is 0. The molecule has 1 aliphatic heterocycles. The highest BCUT2D eigenvalue weighted by atomic mass is 16.5. The number of aliphatic carboxylic acids is 1. The van der Waals surface area contributed by atoms with Crippen molar-refractivity contribution in [2.24, 2.45) is 0 Å². The summed E-state index contributed by atoms with van der Waals surface area (Å²) >= 11 is 0. The van der Waals surface area contributed by atoms with E-state index in [0.29, 0.717) is 19.3 Å². The molecule has 1 fully saturated rings. The van der Waals surface area contributed by atoms with E-state index in [1.165, 1.54) is 0 Å². The lowest BCUT2D eigenvalue weighted by Gasteiger charge is -2.11. The number of hydrogen-bond donors (Lipinski definition) is 2. The number of ether oxygens (including phenoxy) is 1. The van der Waals surface area contributed by atoms with Crippen LogP contribution in [0.4, 0.5) is 0 Å². The number of carboxylic acids is 1. The third-order valence-electron chi connectivity index (χ3n) is 2.38. The second-order valence-electron chi connectivity index (χ2n) is 3.56. The van der Waals surface area contributed by atoms with Crippen LogP contribution < -0.4 is 0 Å². The first-order chi connectivity index (χ1) is 6.63. The summed E-state index contributed by atoms with van der Waals surface area (Å²) in [6.45, 7) is 3.57. The van der Waals surface area contributed by atoms with Crippen molar-refractivity contribution < 1.29 is 19.7 Å². The van der Waals surface area contributed by atoms with Crippen LogP contribution in [0.15, 0.2) is 12.7 Å². The molecule has 14 heavy (non-hydrogen) atoms. The van der Waals surface area contributed by atoms with Crippen LogP contribution in [-0.2, 0) is 9.53 Å². The van der Waals surface area contributed by atoms with Gasteiger partial charge in [-0.25, -0.2) is 0 Å². The topological polar surface area (TPSA) is 66.8 Å². The molecule has 0 aromatic carbocycles. The van der Waals surface area contributed by atoms with Crippen molar-refractivity contribution >= 4 is 5.97 Å². The van der Waals surface area contributed by atoms with Gasteiger partial charge < -0.3 is 14.9 Å². The fourth-order valence-electron chi connectivity index (χ4n) is 1.66. The maximum Gasteiger partial charge on any atom is 0.303 e. The minimum absolute atomic E-state index is 0.0954. The first-order valence-corrected chi connectivity index (χ1v) is 4.79. The number of carboxylic acid groups (broad SMARTS) is 1. The summed E-state index contributed by atoms with van der Waals surface area (Å²) in [6, 6.07) is 0. The molecule has 0 aliphatic carbocycles. The van der Waals surface area contributed by atoms with Crippen molar-refractivity contribution in [1.29, 1.82) is 0 Å². The lowest BCUT2D eigenvalue weighted by atomic mass is 10.1. The van der Waals surface area contributed by atoms with Gasteiger partial charge in [-0.3, -0.25) is 4.79 Å². The molecule has 0 spiro atoms. The zero-order chi connectivity index (χ0) is 10.6. The molecule has 0 saturated carbocycles. The Morgan fingerprint density at radius 1 is 1.64 bits per heavy atom. The summed E-state index contributed by atoms with van der Waals surface area (Å²) in [5.41, 5.74) is 0. The van der Waals surface area contributed by atoms with Gasteiger partial charge in [0.25, 0.3) is 0 Å². The average Bonchev–Trinajstić information content (AvgIpc) is 2.45. The van der Waals surface area contributed by atoms with Crippen molar-refractivity contribution in [3.63, 3.8) is 0 Å². The third-order valence-corrected chi connectivity index (χ3v) is 2.38. The molecular weight excluding hydrogens is 184 g/mol. The number of aliphatic hydroxyl groups is 1. The standard InChI is InChI=1S/C10H16O4/c1-2-3-9-8(11)6-7(14-9)4-5-10(12)13/h2,7-9,11H,1,3-6H2,(H,12,13)/t7-,8+,9-/m0/s1. The van der Waals surface area contributed by atoms with E-state index >= 15 is 0 Å². The minimum atomic E-state index is -0.824. The normalized spacial score (nSPS) is 31.6. The highest BCUT2D eigenvalue weighted by Gasteiger charge is 2.32.